The SMILES string of the molecule is Cn1cc(S(=O)(=O)N2C[C@@H]3CCC[C@@]3(C(=O)O)C2)cc1C(N)=O. The van der Waals surface area contributed by atoms with Gasteiger partial charge in [0.1, 0.15) is 10.6 Å². The Hall–Kier alpha value is -1.87. The summed E-state index contributed by atoms with van der Waals surface area (Å²) in [4.78, 5) is 22.9. The molecule has 2 atom stereocenters. The van der Waals surface area contributed by atoms with Gasteiger partial charge in [-0.2, -0.15) is 4.31 Å². The van der Waals surface area contributed by atoms with Crippen LogP contribution in [0.2, 0.25) is 0 Å². The van der Waals surface area contributed by atoms with Gasteiger partial charge >= 0.3 is 5.97 Å². The lowest BCUT2D eigenvalue weighted by Gasteiger charge is -2.23. The van der Waals surface area contributed by atoms with Crippen LogP contribution in [-0.4, -0.2) is 47.4 Å². The van der Waals surface area contributed by atoms with Crippen LogP contribution in [-0.2, 0) is 21.9 Å². The van der Waals surface area contributed by atoms with E-state index in [2.05, 4.69) is 0 Å². The van der Waals surface area contributed by atoms with Crippen LogP contribution >= 0.6 is 0 Å². The number of aliphatic carboxylic acids is 1. The van der Waals surface area contributed by atoms with Crippen molar-refractivity contribution in [2.24, 2.45) is 24.1 Å². The monoisotopic (exact) mass is 341 g/mol. The Morgan fingerprint density at radius 2 is 2.13 bits per heavy atom. The minimum Gasteiger partial charge on any atom is -0.481 e. The number of fused-ring (bicyclic) bond motifs is 1. The van der Waals surface area contributed by atoms with E-state index in [9.17, 15) is 23.1 Å². The highest BCUT2D eigenvalue weighted by Crippen LogP contribution is 2.50. The summed E-state index contributed by atoms with van der Waals surface area (Å²) in [6.07, 6.45) is 3.36. The molecule has 2 aliphatic rings. The Bertz CT molecular complexity index is 784. The molecule has 1 saturated heterocycles. The Labute approximate surface area is 133 Å². The molecule has 0 radical (unpaired) electrons. The molecule has 2 fully saturated rings. The molecule has 8 nitrogen and oxygen atoms in total. The number of aryl methyl sites for hydroxylation is 1. The number of nitrogens with zero attached hydrogens (tertiary/aromatic N) is 2. The molecule has 23 heavy (non-hydrogen) atoms. The average Bonchev–Trinajstić information content (AvgIpc) is 3.09. The predicted octanol–water partition coefficient (Wildman–Crippen LogP) is -0.000600. The van der Waals surface area contributed by atoms with E-state index in [0.29, 0.717) is 6.42 Å². The topological polar surface area (TPSA) is 123 Å². The van der Waals surface area contributed by atoms with Gasteiger partial charge in [-0.15, -0.1) is 0 Å². The normalized spacial score (nSPS) is 28.0. The number of aromatic nitrogens is 1. The first-order valence-electron chi connectivity index (χ1n) is 7.38. The summed E-state index contributed by atoms with van der Waals surface area (Å²) in [5.74, 6) is -1.80. The number of sulfonamides is 1. The third-order valence-electron chi connectivity index (χ3n) is 5.14. The lowest BCUT2D eigenvalue weighted by Crippen LogP contribution is -2.37. The molecule has 1 aromatic rings. The highest BCUT2D eigenvalue weighted by atomic mass is 32.2. The minimum absolute atomic E-state index is 0.0177. The Balaban J connectivity index is 1.94. The first-order valence-corrected chi connectivity index (χ1v) is 8.82. The van der Waals surface area contributed by atoms with Crippen molar-refractivity contribution < 1.29 is 23.1 Å². The molecule has 0 aromatic carbocycles. The van der Waals surface area contributed by atoms with Crippen molar-refractivity contribution in [2.75, 3.05) is 13.1 Å². The molecule has 1 amide bonds. The summed E-state index contributed by atoms with van der Waals surface area (Å²) in [6, 6.07) is 1.24. The van der Waals surface area contributed by atoms with E-state index in [1.54, 1.807) is 0 Å². The molecule has 1 aromatic heterocycles. The summed E-state index contributed by atoms with van der Waals surface area (Å²) in [5, 5.41) is 9.56. The van der Waals surface area contributed by atoms with E-state index < -0.39 is 27.3 Å². The fraction of sp³-hybridized carbons (Fsp3) is 0.571. The maximum absolute atomic E-state index is 12.8. The number of carbonyl (C=O) groups is 2. The predicted molar refractivity (Wildman–Crippen MR) is 80.1 cm³/mol. The molecule has 9 heteroatoms. The minimum atomic E-state index is -3.85. The van der Waals surface area contributed by atoms with Crippen molar-refractivity contribution in [1.29, 1.82) is 0 Å². The van der Waals surface area contributed by atoms with E-state index in [1.807, 2.05) is 0 Å². The van der Waals surface area contributed by atoms with Crippen LogP contribution in [0.15, 0.2) is 17.2 Å². The number of hydrogen-bond acceptors (Lipinski definition) is 4. The van der Waals surface area contributed by atoms with Crippen molar-refractivity contribution in [3.8, 4) is 0 Å². The average molecular weight is 341 g/mol. The van der Waals surface area contributed by atoms with Gasteiger partial charge in [-0.3, -0.25) is 9.59 Å². The quantitative estimate of drug-likeness (QED) is 0.798. The van der Waals surface area contributed by atoms with Crippen molar-refractivity contribution >= 4 is 21.9 Å². The molecule has 0 unspecified atom stereocenters. The van der Waals surface area contributed by atoms with Gasteiger partial charge in [0.25, 0.3) is 5.91 Å². The van der Waals surface area contributed by atoms with Crippen molar-refractivity contribution in [2.45, 2.75) is 24.2 Å². The third kappa shape index (κ3) is 2.26. The van der Waals surface area contributed by atoms with Crippen LogP contribution < -0.4 is 5.73 Å². The van der Waals surface area contributed by atoms with Crippen LogP contribution in [0.5, 0.6) is 0 Å². The molecule has 0 bridgehead atoms. The summed E-state index contributed by atoms with van der Waals surface area (Å²) in [7, 11) is -2.31. The molecule has 126 valence electrons. The van der Waals surface area contributed by atoms with Crippen LogP contribution in [0.25, 0.3) is 0 Å². The lowest BCUT2D eigenvalue weighted by atomic mass is 9.81. The summed E-state index contributed by atoms with van der Waals surface area (Å²) >= 11 is 0. The van der Waals surface area contributed by atoms with Gasteiger partial charge in [-0.25, -0.2) is 8.42 Å². The zero-order valence-electron chi connectivity index (χ0n) is 12.7. The highest BCUT2D eigenvalue weighted by molar-refractivity contribution is 7.89. The van der Waals surface area contributed by atoms with Gasteiger partial charge in [0.05, 0.1) is 5.41 Å². The highest BCUT2D eigenvalue weighted by Gasteiger charge is 2.57. The molecule has 1 aliphatic carbocycles. The second kappa shape index (κ2) is 5.07. The first kappa shape index (κ1) is 16.0. The standard InChI is InChI=1S/C14H19N3O5S/c1-16-7-10(5-11(16)12(15)18)23(21,22)17-6-9-3-2-4-14(9,8-17)13(19)20/h5,7,9H,2-4,6,8H2,1H3,(H2,15,18)(H,19,20)/t9-,14+/m0/s1. The van der Waals surface area contributed by atoms with Gasteiger partial charge in [0, 0.05) is 26.3 Å². The molecule has 3 N–H and O–H groups in total. The van der Waals surface area contributed by atoms with Crippen molar-refractivity contribution in [3.05, 3.63) is 18.0 Å². The number of primary amides is 1. The molecule has 1 aliphatic heterocycles. The van der Waals surface area contributed by atoms with Crippen LogP contribution in [0.4, 0.5) is 0 Å². The smallest absolute Gasteiger partial charge is 0.311 e. The van der Waals surface area contributed by atoms with Gasteiger partial charge in [0.15, 0.2) is 0 Å². The van der Waals surface area contributed by atoms with Crippen molar-refractivity contribution in [3.63, 3.8) is 0 Å². The second-order valence-corrected chi connectivity index (χ2v) is 8.32. The fourth-order valence-electron chi connectivity index (χ4n) is 3.85. The maximum atomic E-state index is 12.8. The molecule has 2 heterocycles. The van der Waals surface area contributed by atoms with Gasteiger partial charge < -0.3 is 15.4 Å². The number of nitrogens with two attached hydrogens (primary N) is 1. The number of hydrogen-bond donors (Lipinski definition) is 2. The third-order valence-corrected chi connectivity index (χ3v) is 6.91. The van der Waals surface area contributed by atoms with E-state index in [0.717, 1.165) is 12.8 Å². The summed E-state index contributed by atoms with van der Waals surface area (Å²) < 4.78 is 28.2. The Morgan fingerprint density at radius 3 is 2.65 bits per heavy atom. The van der Waals surface area contributed by atoms with Crippen LogP contribution in [0.3, 0.4) is 0 Å². The summed E-state index contributed by atoms with van der Waals surface area (Å²) in [5.41, 5.74) is 4.33. The Morgan fingerprint density at radius 1 is 1.43 bits per heavy atom. The van der Waals surface area contributed by atoms with Gasteiger partial charge in [-0.05, 0) is 24.8 Å². The molecule has 1 saturated carbocycles. The number of rotatable bonds is 4. The van der Waals surface area contributed by atoms with Crippen LogP contribution in [0.1, 0.15) is 29.8 Å². The zero-order chi connectivity index (χ0) is 17.0. The van der Waals surface area contributed by atoms with E-state index in [4.69, 9.17) is 5.73 Å². The second-order valence-electron chi connectivity index (χ2n) is 6.38. The molecule has 3 rings (SSSR count). The largest absolute Gasteiger partial charge is 0.481 e. The van der Waals surface area contributed by atoms with Gasteiger partial charge in [0.2, 0.25) is 10.0 Å². The molecular formula is C14H19N3O5S. The zero-order valence-corrected chi connectivity index (χ0v) is 13.5. The Kier molecular flexibility index (Phi) is 3.53. The van der Waals surface area contributed by atoms with E-state index in [1.165, 1.54) is 28.2 Å². The fourth-order valence-corrected chi connectivity index (χ4v) is 5.47. The number of carboxylic acid groups (broad SMARTS) is 1. The number of carbonyl (C=O) groups excluding carboxylic acids is 1. The van der Waals surface area contributed by atoms with Gasteiger partial charge in [-0.1, -0.05) is 6.42 Å². The maximum Gasteiger partial charge on any atom is 0.311 e. The number of carboxylic acids is 1. The van der Waals surface area contributed by atoms with E-state index >= 15 is 0 Å². The molecular weight excluding hydrogens is 322 g/mol. The van der Waals surface area contributed by atoms with Crippen LogP contribution in [0, 0.1) is 11.3 Å². The lowest BCUT2D eigenvalue weighted by molar-refractivity contribution is -0.149. The first-order chi connectivity index (χ1) is 10.7. The molecule has 0 spiro atoms. The summed E-state index contributed by atoms with van der Waals surface area (Å²) in [6.45, 7) is 0.186. The van der Waals surface area contributed by atoms with E-state index in [-0.39, 0.29) is 29.6 Å². The van der Waals surface area contributed by atoms with Crippen molar-refractivity contribution in [1.82, 2.24) is 8.87 Å². The number of amides is 1.